The number of carbonyl (C=O) groups excluding carboxylic acids is 1. The monoisotopic (exact) mass is 262 g/mol. The highest BCUT2D eigenvalue weighted by Crippen LogP contribution is 2.31. The Kier molecular flexibility index (Phi) is 4.59. The quantitative estimate of drug-likeness (QED) is 0.612. The van der Waals surface area contributed by atoms with Crippen molar-refractivity contribution in [2.24, 2.45) is 11.8 Å². The van der Waals surface area contributed by atoms with Crippen molar-refractivity contribution < 1.29 is 14.6 Å². The SMILES string of the molecule is Cc1ccc(C(=O)OOC2CCC(C)C(C)C2)cc1. The molecule has 1 aromatic rings. The van der Waals surface area contributed by atoms with Crippen LogP contribution in [0, 0.1) is 18.8 Å². The minimum atomic E-state index is -0.411. The first kappa shape index (κ1) is 14.1. The van der Waals surface area contributed by atoms with E-state index in [2.05, 4.69) is 13.8 Å². The van der Waals surface area contributed by atoms with Crippen LogP contribution in [-0.4, -0.2) is 12.1 Å². The van der Waals surface area contributed by atoms with Gasteiger partial charge < -0.3 is 0 Å². The summed E-state index contributed by atoms with van der Waals surface area (Å²) in [7, 11) is 0. The lowest BCUT2D eigenvalue weighted by atomic mass is 9.80. The molecule has 3 unspecified atom stereocenters. The molecule has 0 amide bonds. The van der Waals surface area contributed by atoms with Crippen molar-refractivity contribution >= 4 is 5.97 Å². The second-order valence-corrected chi connectivity index (χ2v) is 5.72. The maximum absolute atomic E-state index is 11.8. The van der Waals surface area contributed by atoms with E-state index in [-0.39, 0.29) is 6.10 Å². The van der Waals surface area contributed by atoms with Gasteiger partial charge in [0.05, 0.1) is 5.56 Å². The summed E-state index contributed by atoms with van der Waals surface area (Å²) in [5.74, 6) is 0.941. The topological polar surface area (TPSA) is 35.5 Å². The Hall–Kier alpha value is -1.35. The largest absolute Gasteiger partial charge is 0.373 e. The molecule has 0 aromatic heterocycles. The van der Waals surface area contributed by atoms with Crippen LogP contribution in [0.2, 0.25) is 0 Å². The van der Waals surface area contributed by atoms with E-state index >= 15 is 0 Å². The Morgan fingerprint density at radius 3 is 2.42 bits per heavy atom. The van der Waals surface area contributed by atoms with Crippen LogP contribution in [0.5, 0.6) is 0 Å². The highest BCUT2D eigenvalue weighted by atomic mass is 17.2. The van der Waals surface area contributed by atoms with Crippen LogP contribution in [0.4, 0.5) is 0 Å². The molecule has 1 aliphatic carbocycles. The van der Waals surface area contributed by atoms with Gasteiger partial charge in [0.1, 0.15) is 6.10 Å². The smallest absolute Gasteiger partial charge is 0.293 e. The van der Waals surface area contributed by atoms with E-state index < -0.39 is 5.97 Å². The fourth-order valence-corrected chi connectivity index (χ4v) is 2.44. The summed E-state index contributed by atoms with van der Waals surface area (Å²) in [5, 5.41) is 0. The van der Waals surface area contributed by atoms with Crippen molar-refractivity contribution in [3.05, 3.63) is 35.4 Å². The van der Waals surface area contributed by atoms with Gasteiger partial charge in [-0.25, -0.2) is 4.79 Å². The van der Waals surface area contributed by atoms with Crippen molar-refractivity contribution in [3.63, 3.8) is 0 Å². The van der Waals surface area contributed by atoms with E-state index in [0.29, 0.717) is 11.5 Å². The minimum Gasteiger partial charge on any atom is -0.293 e. The maximum Gasteiger partial charge on any atom is 0.373 e. The molecule has 3 heteroatoms. The molecular formula is C16H22O3. The molecule has 0 N–H and O–H groups in total. The van der Waals surface area contributed by atoms with E-state index in [0.717, 1.165) is 30.7 Å². The minimum absolute atomic E-state index is 0.0422. The molecule has 0 aliphatic heterocycles. The van der Waals surface area contributed by atoms with E-state index in [4.69, 9.17) is 9.78 Å². The van der Waals surface area contributed by atoms with Crippen LogP contribution < -0.4 is 0 Å². The maximum atomic E-state index is 11.8. The molecule has 19 heavy (non-hydrogen) atoms. The van der Waals surface area contributed by atoms with Gasteiger partial charge in [-0.2, -0.15) is 4.89 Å². The summed E-state index contributed by atoms with van der Waals surface area (Å²) >= 11 is 0. The van der Waals surface area contributed by atoms with Crippen molar-refractivity contribution in [2.45, 2.75) is 46.1 Å². The van der Waals surface area contributed by atoms with E-state index in [9.17, 15) is 4.79 Å². The molecule has 0 bridgehead atoms. The van der Waals surface area contributed by atoms with Crippen molar-refractivity contribution in [1.29, 1.82) is 0 Å². The molecule has 0 spiro atoms. The second kappa shape index (κ2) is 6.20. The predicted molar refractivity (Wildman–Crippen MR) is 73.6 cm³/mol. The Labute approximate surface area is 114 Å². The van der Waals surface area contributed by atoms with E-state index in [1.165, 1.54) is 0 Å². The van der Waals surface area contributed by atoms with Gasteiger partial charge in [-0.15, -0.1) is 0 Å². The zero-order chi connectivity index (χ0) is 13.8. The Morgan fingerprint density at radius 1 is 1.11 bits per heavy atom. The Bertz CT molecular complexity index is 424. The number of hydrogen-bond acceptors (Lipinski definition) is 3. The summed E-state index contributed by atoms with van der Waals surface area (Å²) in [4.78, 5) is 22.0. The first-order valence-electron chi connectivity index (χ1n) is 7.00. The molecule has 104 valence electrons. The molecule has 1 saturated carbocycles. The molecule has 1 aliphatic rings. The van der Waals surface area contributed by atoms with Crippen LogP contribution >= 0.6 is 0 Å². The van der Waals surface area contributed by atoms with Crippen LogP contribution in [0.1, 0.15) is 49.0 Å². The zero-order valence-electron chi connectivity index (χ0n) is 11.9. The summed E-state index contributed by atoms with van der Waals surface area (Å²) < 4.78 is 0. The fraction of sp³-hybridized carbons (Fsp3) is 0.562. The van der Waals surface area contributed by atoms with Crippen molar-refractivity contribution in [1.82, 2.24) is 0 Å². The molecule has 0 radical (unpaired) electrons. The number of hydrogen-bond donors (Lipinski definition) is 0. The van der Waals surface area contributed by atoms with Crippen LogP contribution in [0.25, 0.3) is 0 Å². The van der Waals surface area contributed by atoms with Gasteiger partial charge >= 0.3 is 5.97 Å². The highest BCUT2D eigenvalue weighted by molar-refractivity contribution is 5.88. The summed E-state index contributed by atoms with van der Waals surface area (Å²) in [5.41, 5.74) is 1.65. The Balaban J connectivity index is 1.82. The molecule has 1 aromatic carbocycles. The fourth-order valence-electron chi connectivity index (χ4n) is 2.44. The van der Waals surface area contributed by atoms with Crippen LogP contribution in [-0.2, 0) is 9.78 Å². The van der Waals surface area contributed by atoms with E-state index in [1.807, 2.05) is 19.1 Å². The lowest BCUT2D eigenvalue weighted by Gasteiger charge is -2.30. The molecular weight excluding hydrogens is 240 g/mol. The molecule has 1 fully saturated rings. The molecule has 0 heterocycles. The number of aryl methyl sites for hydroxylation is 1. The van der Waals surface area contributed by atoms with Crippen molar-refractivity contribution in [3.8, 4) is 0 Å². The lowest BCUT2D eigenvalue weighted by molar-refractivity contribution is -0.283. The van der Waals surface area contributed by atoms with Gasteiger partial charge in [0.25, 0.3) is 0 Å². The van der Waals surface area contributed by atoms with Gasteiger partial charge in [0.2, 0.25) is 0 Å². The van der Waals surface area contributed by atoms with Crippen LogP contribution in [0.15, 0.2) is 24.3 Å². The predicted octanol–water partition coefficient (Wildman–Crippen LogP) is 3.91. The standard InChI is InChI=1S/C16H22O3/c1-11-4-7-14(8-5-11)16(17)19-18-15-9-6-12(2)13(3)10-15/h4-5,7-8,12-13,15H,6,9-10H2,1-3H3. The molecule has 2 rings (SSSR count). The first-order valence-corrected chi connectivity index (χ1v) is 7.00. The normalized spacial score (nSPS) is 27.0. The van der Waals surface area contributed by atoms with Gasteiger partial charge in [-0.05, 0) is 50.2 Å². The Morgan fingerprint density at radius 2 is 1.79 bits per heavy atom. The summed E-state index contributed by atoms with van der Waals surface area (Å²) in [6.07, 6.45) is 3.10. The third-order valence-corrected chi connectivity index (χ3v) is 4.10. The average Bonchev–Trinajstić information content (AvgIpc) is 2.40. The summed E-state index contributed by atoms with van der Waals surface area (Å²) in [6.45, 7) is 6.47. The number of carbonyl (C=O) groups is 1. The molecule has 3 atom stereocenters. The summed E-state index contributed by atoms with van der Waals surface area (Å²) in [6, 6.07) is 7.29. The average molecular weight is 262 g/mol. The number of rotatable bonds is 3. The molecule has 0 saturated heterocycles. The second-order valence-electron chi connectivity index (χ2n) is 5.72. The third-order valence-electron chi connectivity index (χ3n) is 4.10. The van der Waals surface area contributed by atoms with Gasteiger partial charge in [-0.1, -0.05) is 31.5 Å². The lowest BCUT2D eigenvalue weighted by Crippen LogP contribution is -2.27. The van der Waals surface area contributed by atoms with E-state index in [1.54, 1.807) is 12.1 Å². The van der Waals surface area contributed by atoms with Crippen LogP contribution in [0.3, 0.4) is 0 Å². The first-order chi connectivity index (χ1) is 9.06. The van der Waals surface area contributed by atoms with Gasteiger partial charge in [-0.3, -0.25) is 4.89 Å². The van der Waals surface area contributed by atoms with Gasteiger partial charge in [0, 0.05) is 0 Å². The van der Waals surface area contributed by atoms with Crippen molar-refractivity contribution in [2.75, 3.05) is 0 Å². The zero-order valence-corrected chi connectivity index (χ0v) is 11.9. The van der Waals surface area contributed by atoms with Gasteiger partial charge in [0.15, 0.2) is 0 Å². The molecule has 3 nitrogen and oxygen atoms in total. The number of benzene rings is 1. The third kappa shape index (κ3) is 3.80. The highest BCUT2D eigenvalue weighted by Gasteiger charge is 2.26.